The molecule has 0 radical (unpaired) electrons. The van der Waals surface area contributed by atoms with Crippen molar-refractivity contribution in [2.45, 2.75) is 125 Å². The molecule has 4 fully saturated rings. The molecule has 4 saturated heterocycles. The van der Waals surface area contributed by atoms with Crippen LogP contribution in [0.1, 0.15) is 19.4 Å². The summed E-state index contributed by atoms with van der Waals surface area (Å²) in [5.74, 6) is -0.342. The summed E-state index contributed by atoms with van der Waals surface area (Å²) in [6, 6.07) is 7.27. The first-order chi connectivity index (χ1) is 24.8. The van der Waals surface area contributed by atoms with Crippen molar-refractivity contribution < 1.29 is 84.2 Å². The summed E-state index contributed by atoms with van der Waals surface area (Å²) in [6.45, 7) is 2.27. The molecule has 4 aliphatic rings. The topological polar surface area (TPSA) is 270 Å². The van der Waals surface area contributed by atoms with Crippen LogP contribution in [0.3, 0.4) is 0 Å². The molecule has 298 valence electrons. The lowest BCUT2D eigenvalue weighted by Gasteiger charge is -2.48. The summed E-state index contributed by atoms with van der Waals surface area (Å²) in [6.07, 6.45) is -24.1. The molecule has 52 heavy (non-hydrogen) atoms. The summed E-state index contributed by atoms with van der Waals surface area (Å²) in [5, 5.41) is 106. The molecule has 0 saturated carbocycles. The molecule has 0 amide bonds. The summed E-state index contributed by atoms with van der Waals surface area (Å²) < 4.78 is 40.6. The highest BCUT2D eigenvalue weighted by Gasteiger charge is 2.52. The van der Waals surface area contributed by atoms with Crippen molar-refractivity contribution in [3.05, 3.63) is 34.9 Å². The fourth-order valence-corrected chi connectivity index (χ4v) is 7.15. The number of benzene rings is 1. The third-order valence-electron chi connectivity index (χ3n) is 9.79. The number of morpholine rings is 1. The van der Waals surface area contributed by atoms with Crippen LogP contribution in [0.25, 0.3) is 0 Å². The number of halogens is 1. The maximum Gasteiger partial charge on any atom is 0.187 e. The second-order valence-corrected chi connectivity index (χ2v) is 14.4. The third kappa shape index (κ3) is 9.59. The molecule has 0 spiro atoms. The van der Waals surface area contributed by atoms with Crippen molar-refractivity contribution in [2.75, 3.05) is 39.5 Å². The summed E-state index contributed by atoms with van der Waals surface area (Å²) in [4.78, 5) is 1.96. The molecular weight excluding hydrogens is 718 g/mol. The zero-order valence-corrected chi connectivity index (χ0v) is 29.6. The fraction of sp³-hybridized carbons (Fsp3) is 0.818. The molecule has 0 aliphatic carbocycles. The van der Waals surface area contributed by atoms with Gasteiger partial charge in [-0.3, -0.25) is 4.90 Å². The molecular formula is C33H52ClNO17. The maximum absolute atomic E-state index is 11.3. The Hall–Kier alpha value is -1.21. The molecule has 17 atom stereocenters. The van der Waals surface area contributed by atoms with Crippen LogP contribution in [-0.4, -0.2) is 200 Å². The van der Waals surface area contributed by atoms with Gasteiger partial charge in [0.25, 0.3) is 0 Å². The minimum absolute atomic E-state index is 0.186. The molecule has 1 aromatic rings. The van der Waals surface area contributed by atoms with Gasteiger partial charge in [-0.1, -0.05) is 37.6 Å². The maximum atomic E-state index is 11.3. The van der Waals surface area contributed by atoms with Crippen molar-refractivity contribution in [3.8, 4) is 0 Å². The Morgan fingerprint density at radius 1 is 0.712 bits per heavy atom. The van der Waals surface area contributed by atoms with Gasteiger partial charge in [0.15, 0.2) is 18.9 Å². The number of hydrogen-bond acceptors (Lipinski definition) is 18. The van der Waals surface area contributed by atoms with Crippen molar-refractivity contribution in [1.29, 1.82) is 0 Å². The Kier molecular flexibility index (Phi) is 15.0. The van der Waals surface area contributed by atoms with Gasteiger partial charge in [0.2, 0.25) is 0 Å². The number of hydrogen-bond donors (Lipinski definition) is 10. The van der Waals surface area contributed by atoms with Crippen LogP contribution >= 0.6 is 11.6 Å². The zero-order valence-electron chi connectivity index (χ0n) is 28.8. The molecule has 4 heterocycles. The lowest BCUT2D eigenvalue weighted by molar-refractivity contribution is -0.354. The van der Waals surface area contributed by atoms with Crippen LogP contribution in [0.4, 0.5) is 0 Å². The first-order valence-corrected chi connectivity index (χ1v) is 17.7. The van der Waals surface area contributed by atoms with E-state index in [1.807, 2.05) is 17.0 Å². The zero-order chi connectivity index (χ0) is 37.9. The Balaban J connectivity index is 1.26. The molecule has 18 nitrogen and oxygen atoms in total. The van der Waals surface area contributed by atoms with Crippen molar-refractivity contribution in [3.63, 3.8) is 0 Å². The summed E-state index contributed by atoms with van der Waals surface area (Å²) >= 11 is 6.15. The Labute approximate surface area is 305 Å². The van der Waals surface area contributed by atoms with Crippen molar-refractivity contribution in [1.82, 2.24) is 4.90 Å². The SMILES string of the molecule is CC(C)C1OC(COC2OC(CO)C(O)C(OC3CN(Cc4cccc(Cl)c4)CC(CO)O3)C2O)C(O)C(OC2OC(CO)C(O)C(O)C2O)C1O. The monoisotopic (exact) mass is 769 g/mol. The quantitative estimate of drug-likeness (QED) is 0.0917. The Morgan fingerprint density at radius 3 is 2.02 bits per heavy atom. The number of rotatable bonds is 13. The molecule has 10 N–H and O–H groups in total. The number of ether oxygens (including phenoxy) is 7. The molecule has 17 unspecified atom stereocenters. The van der Waals surface area contributed by atoms with Gasteiger partial charge in [0.1, 0.15) is 73.2 Å². The molecule has 19 heteroatoms. The van der Waals surface area contributed by atoms with E-state index in [4.69, 9.17) is 44.8 Å². The van der Waals surface area contributed by atoms with E-state index < -0.39 is 124 Å². The Bertz CT molecular complexity index is 1250. The van der Waals surface area contributed by atoms with Crippen LogP contribution < -0.4 is 0 Å². The highest BCUT2D eigenvalue weighted by molar-refractivity contribution is 6.30. The van der Waals surface area contributed by atoms with Gasteiger partial charge in [-0.15, -0.1) is 0 Å². The van der Waals surface area contributed by atoms with Crippen LogP contribution in [0.5, 0.6) is 0 Å². The fourth-order valence-electron chi connectivity index (χ4n) is 6.94. The minimum atomic E-state index is -1.80. The average molecular weight is 770 g/mol. The van der Waals surface area contributed by atoms with Gasteiger partial charge in [0, 0.05) is 24.7 Å². The summed E-state index contributed by atoms with van der Waals surface area (Å²) in [7, 11) is 0. The minimum Gasteiger partial charge on any atom is -0.394 e. The third-order valence-corrected chi connectivity index (χ3v) is 10.0. The van der Waals surface area contributed by atoms with Gasteiger partial charge in [-0.2, -0.15) is 0 Å². The van der Waals surface area contributed by atoms with E-state index in [0.29, 0.717) is 18.1 Å². The molecule has 1 aromatic carbocycles. The predicted molar refractivity (Wildman–Crippen MR) is 175 cm³/mol. The van der Waals surface area contributed by atoms with Gasteiger partial charge < -0.3 is 84.2 Å². The van der Waals surface area contributed by atoms with Gasteiger partial charge in [0.05, 0.1) is 38.6 Å². The first-order valence-electron chi connectivity index (χ1n) is 17.4. The van der Waals surface area contributed by atoms with Gasteiger partial charge in [-0.05, 0) is 23.6 Å². The van der Waals surface area contributed by atoms with Crippen LogP contribution in [-0.2, 0) is 39.7 Å². The molecule has 0 aromatic heterocycles. The number of aliphatic hydroxyl groups is 10. The van der Waals surface area contributed by atoms with E-state index in [9.17, 15) is 51.1 Å². The van der Waals surface area contributed by atoms with Crippen LogP contribution in [0.2, 0.25) is 5.02 Å². The van der Waals surface area contributed by atoms with E-state index in [1.54, 1.807) is 26.0 Å². The van der Waals surface area contributed by atoms with Crippen LogP contribution in [0, 0.1) is 5.92 Å². The first kappa shape index (κ1) is 41.9. The van der Waals surface area contributed by atoms with Crippen LogP contribution in [0.15, 0.2) is 24.3 Å². The highest BCUT2D eigenvalue weighted by atomic mass is 35.5. The van der Waals surface area contributed by atoms with E-state index in [1.165, 1.54) is 0 Å². The van der Waals surface area contributed by atoms with Crippen molar-refractivity contribution >= 4 is 11.6 Å². The Morgan fingerprint density at radius 2 is 1.37 bits per heavy atom. The lowest BCUT2D eigenvalue weighted by Crippen LogP contribution is -2.65. The summed E-state index contributed by atoms with van der Waals surface area (Å²) in [5.41, 5.74) is 0.907. The van der Waals surface area contributed by atoms with E-state index in [2.05, 4.69) is 0 Å². The number of nitrogens with zero attached hydrogens (tertiary/aromatic N) is 1. The predicted octanol–water partition coefficient (Wildman–Crippen LogP) is -3.97. The van der Waals surface area contributed by atoms with E-state index in [-0.39, 0.29) is 19.1 Å². The van der Waals surface area contributed by atoms with Crippen molar-refractivity contribution in [2.24, 2.45) is 5.92 Å². The van der Waals surface area contributed by atoms with Gasteiger partial charge in [-0.25, -0.2) is 0 Å². The number of aliphatic hydroxyl groups excluding tert-OH is 10. The van der Waals surface area contributed by atoms with Gasteiger partial charge >= 0.3 is 0 Å². The molecule has 5 rings (SSSR count). The standard InChI is InChI=1S/C33H52ClNO17/c1-14(2)29-27(44)30(52-33-26(43)25(42)22(39)18(11-37)50-33)24(41)20(48-29)13-46-32-28(45)31(23(40)19(12-38)49-32)51-21-9-35(8-17(10-36)47-21)7-15-4-3-5-16(34)6-15/h3-6,14,17-33,36-45H,7-13H2,1-2H3. The largest absolute Gasteiger partial charge is 0.394 e. The second kappa shape index (κ2) is 18.6. The normalized spacial score (nSPS) is 43.5. The highest BCUT2D eigenvalue weighted by Crippen LogP contribution is 2.33. The van der Waals surface area contributed by atoms with E-state index in [0.717, 1.165) is 5.56 Å². The smallest absolute Gasteiger partial charge is 0.187 e. The molecule has 0 bridgehead atoms. The van der Waals surface area contributed by atoms with E-state index >= 15 is 0 Å². The molecule has 4 aliphatic heterocycles. The lowest BCUT2D eigenvalue weighted by atomic mass is 9.89. The second-order valence-electron chi connectivity index (χ2n) is 14.0. The average Bonchev–Trinajstić information content (AvgIpc) is 3.11.